The molecule has 0 heterocycles. The Bertz CT molecular complexity index is 186. The fraction of sp³-hybridized carbons (Fsp3) is 0.909. The van der Waals surface area contributed by atoms with E-state index >= 15 is 0 Å². The zero-order chi connectivity index (χ0) is 10.4. The molecule has 0 aliphatic heterocycles. The minimum absolute atomic E-state index is 0.106. The highest BCUT2D eigenvalue weighted by molar-refractivity contribution is 5.77. The fourth-order valence-electron chi connectivity index (χ4n) is 2.14. The molecule has 1 amide bonds. The lowest BCUT2D eigenvalue weighted by Gasteiger charge is -2.23. The monoisotopic (exact) mass is 198 g/mol. The summed E-state index contributed by atoms with van der Waals surface area (Å²) in [6, 6.07) is 0. The summed E-state index contributed by atoms with van der Waals surface area (Å²) in [5.41, 5.74) is 0.437. The van der Waals surface area contributed by atoms with Gasteiger partial charge in [-0.05, 0) is 25.2 Å². The van der Waals surface area contributed by atoms with Crippen molar-refractivity contribution in [2.45, 2.75) is 39.5 Å². The second kappa shape index (κ2) is 5.35. The topological polar surface area (TPSA) is 41.1 Å². The first kappa shape index (κ1) is 11.5. The molecule has 0 unspecified atom stereocenters. The second-order valence-corrected chi connectivity index (χ2v) is 4.57. The van der Waals surface area contributed by atoms with Crippen LogP contribution in [0.2, 0.25) is 0 Å². The van der Waals surface area contributed by atoms with Crippen LogP contribution in [0.25, 0.3) is 0 Å². The van der Waals surface area contributed by atoms with E-state index in [0.29, 0.717) is 12.0 Å². The highest BCUT2D eigenvalue weighted by Crippen LogP contribution is 2.36. The summed E-state index contributed by atoms with van der Waals surface area (Å²) in [7, 11) is 0. The molecule has 1 fully saturated rings. The van der Waals surface area contributed by atoms with Crippen LogP contribution in [0.5, 0.6) is 0 Å². The van der Waals surface area contributed by atoms with Crippen molar-refractivity contribution in [2.24, 2.45) is 5.41 Å². The van der Waals surface area contributed by atoms with Gasteiger partial charge in [-0.2, -0.15) is 0 Å². The molecule has 14 heavy (non-hydrogen) atoms. The van der Waals surface area contributed by atoms with Crippen LogP contribution in [-0.4, -0.2) is 25.5 Å². The van der Waals surface area contributed by atoms with Gasteiger partial charge in [0.1, 0.15) is 0 Å². The normalized spacial score (nSPS) is 19.6. The first-order valence-corrected chi connectivity index (χ1v) is 5.64. The van der Waals surface area contributed by atoms with Gasteiger partial charge in [0.15, 0.2) is 0 Å². The second-order valence-electron chi connectivity index (χ2n) is 4.57. The number of hydrogen-bond donors (Lipinski definition) is 2. The van der Waals surface area contributed by atoms with Gasteiger partial charge in [-0.25, -0.2) is 0 Å². The highest BCUT2D eigenvalue weighted by Gasteiger charge is 2.27. The molecular formula is C11H22N2O. The molecule has 0 bridgehead atoms. The lowest BCUT2D eigenvalue weighted by atomic mass is 9.89. The molecule has 0 saturated heterocycles. The van der Waals surface area contributed by atoms with Crippen molar-refractivity contribution < 1.29 is 4.79 Å². The Morgan fingerprint density at radius 3 is 2.57 bits per heavy atom. The largest absolute Gasteiger partial charge is 0.355 e. The van der Waals surface area contributed by atoms with Crippen molar-refractivity contribution >= 4 is 5.91 Å². The van der Waals surface area contributed by atoms with Crippen LogP contribution in [0.1, 0.15) is 39.5 Å². The third-order valence-electron chi connectivity index (χ3n) is 3.02. The summed E-state index contributed by atoms with van der Waals surface area (Å²) >= 11 is 0. The van der Waals surface area contributed by atoms with E-state index in [1.165, 1.54) is 25.7 Å². The Hall–Kier alpha value is -0.570. The molecule has 0 radical (unpaired) electrons. The van der Waals surface area contributed by atoms with Crippen molar-refractivity contribution in [1.82, 2.24) is 10.6 Å². The summed E-state index contributed by atoms with van der Waals surface area (Å²) in [6.07, 6.45) is 5.30. The summed E-state index contributed by atoms with van der Waals surface area (Å²) in [5, 5.41) is 6.02. The first-order valence-electron chi connectivity index (χ1n) is 5.64. The molecular weight excluding hydrogens is 176 g/mol. The highest BCUT2D eigenvalue weighted by atomic mass is 16.1. The quantitative estimate of drug-likeness (QED) is 0.699. The van der Waals surface area contributed by atoms with Gasteiger partial charge in [0.05, 0.1) is 6.54 Å². The summed E-state index contributed by atoms with van der Waals surface area (Å²) in [6.45, 7) is 6.41. The van der Waals surface area contributed by atoms with Gasteiger partial charge in [0.25, 0.3) is 0 Å². The number of carbonyl (C=O) groups excluding carboxylic acids is 1. The van der Waals surface area contributed by atoms with Crippen molar-refractivity contribution in [3.05, 3.63) is 0 Å². The molecule has 0 aromatic rings. The fourth-order valence-corrected chi connectivity index (χ4v) is 2.14. The predicted octanol–water partition coefficient (Wildman–Crippen LogP) is 1.29. The number of amides is 1. The Kier molecular flexibility index (Phi) is 4.39. The van der Waals surface area contributed by atoms with E-state index in [0.717, 1.165) is 13.1 Å². The molecule has 1 rings (SSSR count). The maximum Gasteiger partial charge on any atom is 0.233 e. The van der Waals surface area contributed by atoms with E-state index in [1.807, 2.05) is 6.92 Å². The first-order chi connectivity index (χ1) is 6.66. The van der Waals surface area contributed by atoms with Crippen molar-refractivity contribution in [2.75, 3.05) is 19.6 Å². The average Bonchev–Trinajstić information content (AvgIpc) is 2.53. The van der Waals surface area contributed by atoms with Gasteiger partial charge in [0.2, 0.25) is 5.91 Å². The molecule has 2 N–H and O–H groups in total. The van der Waals surface area contributed by atoms with Gasteiger partial charge in [-0.1, -0.05) is 19.8 Å². The molecule has 0 atom stereocenters. The Morgan fingerprint density at radius 2 is 2.00 bits per heavy atom. The maximum absolute atomic E-state index is 11.1. The number of carbonyl (C=O) groups is 1. The zero-order valence-corrected chi connectivity index (χ0v) is 9.36. The van der Waals surface area contributed by atoms with Crippen LogP contribution < -0.4 is 10.6 Å². The molecule has 0 aromatic carbocycles. The average molecular weight is 198 g/mol. The number of rotatable bonds is 5. The van der Waals surface area contributed by atoms with Crippen LogP contribution in [0.3, 0.4) is 0 Å². The zero-order valence-electron chi connectivity index (χ0n) is 9.36. The van der Waals surface area contributed by atoms with Gasteiger partial charge in [-0.3, -0.25) is 4.79 Å². The van der Waals surface area contributed by atoms with Gasteiger partial charge >= 0.3 is 0 Å². The molecule has 3 nitrogen and oxygen atoms in total. The summed E-state index contributed by atoms with van der Waals surface area (Å²) in [4.78, 5) is 11.1. The Labute approximate surface area is 86.6 Å². The van der Waals surface area contributed by atoms with E-state index in [9.17, 15) is 4.79 Å². The molecule has 82 valence electrons. The molecule has 3 heteroatoms. The lowest BCUT2D eigenvalue weighted by Crippen LogP contribution is -2.38. The standard InChI is InChI=1S/C11H22N2O/c1-3-13-10(14)8-12-9-11(2)6-4-5-7-11/h12H,3-9H2,1-2H3,(H,13,14). The smallest absolute Gasteiger partial charge is 0.233 e. The van der Waals surface area contributed by atoms with Crippen LogP contribution in [0.4, 0.5) is 0 Å². The van der Waals surface area contributed by atoms with Gasteiger partial charge in [0, 0.05) is 13.1 Å². The number of likely N-dealkylation sites (N-methyl/N-ethyl adjacent to an activating group) is 1. The molecule has 0 aromatic heterocycles. The number of nitrogens with one attached hydrogen (secondary N) is 2. The van der Waals surface area contributed by atoms with E-state index < -0.39 is 0 Å². The van der Waals surface area contributed by atoms with Crippen molar-refractivity contribution in [3.63, 3.8) is 0 Å². The summed E-state index contributed by atoms with van der Waals surface area (Å²) < 4.78 is 0. The van der Waals surface area contributed by atoms with E-state index in [2.05, 4.69) is 17.6 Å². The maximum atomic E-state index is 11.1. The van der Waals surface area contributed by atoms with E-state index in [-0.39, 0.29) is 5.91 Å². The van der Waals surface area contributed by atoms with Crippen LogP contribution in [-0.2, 0) is 4.79 Å². The molecule has 1 saturated carbocycles. The van der Waals surface area contributed by atoms with Gasteiger partial charge in [-0.15, -0.1) is 0 Å². The van der Waals surface area contributed by atoms with E-state index in [1.54, 1.807) is 0 Å². The van der Waals surface area contributed by atoms with Crippen molar-refractivity contribution in [3.8, 4) is 0 Å². The van der Waals surface area contributed by atoms with Crippen LogP contribution >= 0.6 is 0 Å². The SMILES string of the molecule is CCNC(=O)CNCC1(C)CCCC1. The third-order valence-corrected chi connectivity index (χ3v) is 3.02. The van der Waals surface area contributed by atoms with Crippen LogP contribution in [0, 0.1) is 5.41 Å². The molecule has 0 spiro atoms. The summed E-state index contributed by atoms with van der Waals surface area (Å²) in [5.74, 6) is 0.106. The molecule has 1 aliphatic carbocycles. The minimum atomic E-state index is 0.106. The number of hydrogen-bond acceptors (Lipinski definition) is 2. The Balaban J connectivity index is 2.11. The van der Waals surface area contributed by atoms with E-state index in [4.69, 9.17) is 0 Å². The molecule has 1 aliphatic rings. The third kappa shape index (κ3) is 3.66. The van der Waals surface area contributed by atoms with Gasteiger partial charge < -0.3 is 10.6 Å². The van der Waals surface area contributed by atoms with Crippen LogP contribution in [0.15, 0.2) is 0 Å². The predicted molar refractivity (Wildman–Crippen MR) is 58.1 cm³/mol. The Morgan fingerprint density at radius 1 is 1.36 bits per heavy atom. The lowest BCUT2D eigenvalue weighted by molar-refractivity contribution is -0.120. The minimum Gasteiger partial charge on any atom is -0.355 e. The van der Waals surface area contributed by atoms with Crippen molar-refractivity contribution in [1.29, 1.82) is 0 Å².